The van der Waals surface area contributed by atoms with E-state index in [0.717, 1.165) is 12.8 Å². The van der Waals surface area contributed by atoms with Crippen LogP contribution in [0.4, 0.5) is 0 Å². The molecule has 0 bridgehead atoms. The van der Waals surface area contributed by atoms with E-state index in [1.165, 1.54) is 0 Å². The minimum atomic E-state index is -0.689. The molecule has 1 aliphatic heterocycles. The maximum atomic E-state index is 10.6. The molecule has 0 aromatic rings. The summed E-state index contributed by atoms with van der Waals surface area (Å²) in [6.07, 6.45) is 3.49. The molecule has 14 heavy (non-hydrogen) atoms. The van der Waals surface area contributed by atoms with E-state index >= 15 is 0 Å². The van der Waals surface area contributed by atoms with Gasteiger partial charge in [0.05, 0.1) is 17.6 Å². The van der Waals surface area contributed by atoms with Gasteiger partial charge in [-0.25, -0.2) is 0 Å². The lowest BCUT2D eigenvalue weighted by Gasteiger charge is -2.42. The number of carboxylic acid groups (broad SMARTS) is 1. The summed E-state index contributed by atoms with van der Waals surface area (Å²) in [5.74, 6) is -0.873. The Labute approximate surface area is 89.2 Å². The smallest absolute Gasteiger partial charge is 0.306 e. The maximum Gasteiger partial charge on any atom is 0.306 e. The van der Waals surface area contributed by atoms with Crippen LogP contribution >= 0.6 is 12.4 Å². The fourth-order valence-electron chi connectivity index (χ4n) is 2.37. The summed E-state index contributed by atoms with van der Waals surface area (Å²) in [5.41, 5.74) is 5.37. The van der Waals surface area contributed by atoms with Crippen LogP contribution < -0.4 is 5.73 Å². The topological polar surface area (TPSA) is 72.6 Å². The molecule has 5 heteroatoms. The van der Waals surface area contributed by atoms with E-state index < -0.39 is 5.97 Å². The molecular formula is C9H16ClNO3. The molecule has 1 spiro atoms. The second-order valence-electron chi connectivity index (χ2n) is 4.14. The van der Waals surface area contributed by atoms with Crippen molar-refractivity contribution in [2.45, 2.75) is 37.4 Å². The highest BCUT2D eigenvalue weighted by atomic mass is 35.5. The Kier molecular flexibility index (Phi) is 3.40. The molecule has 1 saturated carbocycles. The number of carbonyl (C=O) groups is 1. The Bertz CT molecular complexity index is 228. The van der Waals surface area contributed by atoms with Crippen molar-refractivity contribution in [3.63, 3.8) is 0 Å². The average Bonchev–Trinajstić information content (AvgIpc) is 2.44. The summed E-state index contributed by atoms with van der Waals surface area (Å²) in [7, 11) is 0. The molecule has 1 heterocycles. The van der Waals surface area contributed by atoms with Gasteiger partial charge < -0.3 is 15.6 Å². The van der Waals surface area contributed by atoms with Crippen LogP contribution in [-0.4, -0.2) is 29.3 Å². The van der Waals surface area contributed by atoms with Gasteiger partial charge >= 0.3 is 5.97 Å². The molecule has 0 amide bonds. The van der Waals surface area contributed by atoms with E-state index in [2.05, 4.69) is 0 Å². The summed E-state index contributed by atoms with van der Waals surface area (Å²) < 4.78 is 5.73. The lowest BCUT2D eigenvalue weighted by Crippen LogP contribution is -2.47. The lowest BCUT2D eigenvalue weighted by molar-refractivity contribution is -0.164. The first kappa shape index (κ1) is 11.8. The van der Waals surface area contributed by atoms with Gasteiger partial charge in [-0.1, -0.05) is 0 Å². The summed E-state index contributed by atoms with van der Waals surface area (Å²) >= 11 is 0. The van der Waals surface area contributed by atoms with E-state index in [-0.39, 0.29) is 30.0 Å². The van der Waals surface area contributed by atoms with Crippen molar-refractivity contribution in [2.24, 2.45) is 11.7 Å². The van der Waals surface area contributed by atoms with Crippen LogP contribution in [0, 0.1) is 5.92 Å². The zero-order valence-electron chi connectivity index (χ0n) is 7.94. The fraction of sp³-hybridized carbons (Fsp3) is 0.889. The Morgan fingerprint density at radius 3 is 2.64 bits per heavy atom. The van der Waals surface area contributed by atoms with Gasteiger partial charge in [0.2, 0.25) is 0 Å². The average molecular weight is 222 g/mol. The molecule has 1 aliphatic carbocycles. The Hall–Kier alpha value is -0.320. The van der Waals surface area contributed by atoms with Crippen molar-refractivity contribution >= 4 is 18.4 Å². The maximum absolute atomic E-state index is 10.6. The van der Waals surface area contributed by atoms with Gasteiger partial charge in [-0.3, -0.25) is 4.79 Å². The van der Waals surface area contributed by atoms with Crippen molar-refractivity contribution < 1.29 is 14.6 Å². The fourth-order valence-corrected chi connectivity index (χ4v) is 2.37. The summed E-state index contributed by atoms with van der Waals surface area (Å²) in [6.45, 7) is 0.555. The summed E-state index contributed by atoms with van der Waals surface area (Å²) in [4.78, 5) is 10.6. The minimum absolute atomic E-state index is 0. The first-order valence-electron chi connectivity index (χ1n) is 4.76. The Morgan fingerprint density at radius 2 is 2.21 bits per heavy atom. The Balaban J connectivity index is 0.000000980. The van der Waals surface area contributed by atoms with Crippen molar-refractivity contribution in [2.75, 3.05) is 6.54 Å². The van der Waals surface area contributed by atoms with Crippen LogP contribution in [0.2, 0.25) is 0 Å². The van der Waals surface area contributed by atoms with Crippen LogP contribution in [0.25, 0.3) is 0 Å². The van der Waals surface area contributed by atoms with Crippen LogP contribution in [0.15, 0.2) is 0 Å². The molecule has 0 radical (unpaired) electrons. The molecule has 3 N–H and O–H groups in total. The number of nitrogens with two attached hydrogens (primary N) is 1. The first-order valence-corrected chi connectivity index (χ1v) is 4.76. The van der Waals surface area contributed by atoms with Crippen molar-refractivity contribution in [3.8, 4) is 0 Å². The van der Waals surface area contributed by atoms with E-state index in [1.54, 1.807) is 0 Å². The molecule has 2 aliphatic rings. The molecule has 1 atom stereocenters. The van der Waals surface area contributed by atoms with Crippen molar-refractivity contribution in [1.29, 1.82) is 0 Å². The zero-order chi connectivity index (χ0) is 9.47. The van der Waals surface area contributed by atoms with Gasteiger partial charge in [-0.2, -0.15) is 0 Å². The van der Waals surface area contributed by atoms with Gasteiger partial charge in [0.15, 0.2) is 0 Å². The molecule has 0 aromatic carbocycles. The molecule has 1 unspecified atom stereocenters. The molecule has 82 valence electrons. The molecule has 4 nitrogen and oxygen atoms in total. The first-order chi connectivity index (χ1) is 6.15. The second kappa shape index (κ2) is 4.04. The highest BCUT2D eigenvalue weighted by molar-refractivity contribution is 5.85. The monoisotopic (exact) mass is 221 g/mol. The number of rotatable bonds is 2. The quantitative estimate of drug-likeness (QED) is 0.723. The number of carboxylic acids is 1. The van der Waals surface area contributed by atoms with Gasteiger partial charge in [0, 0.05) is 6.54 Å². The SMILES string of the molecule is Cl.NCC1CCC2(CC(C(=O)O)C2)O1. The third-order valence-corrected chi connectivity index (χ3v) is 3.19. The third kappa shape index (κ3) is 1.87. The largest absolute Gasteiger partial charge is 0.481 e. The van der Waals surface area contributed by atoms with E-state index in [0.29, 0.717) is 19.4 Å². The minimum Gasteiger partial charge on any atom is -0.481 e. The molecule has 0 aromatic heterocycles. The van der Waals surface area contributed by atoms with Gasteiger partial charge in [0.1, 0.15) is 0 Å². The number of halogens is 1. The van der Waals surface area contributed by atoms with Crippen molar-refractivity contribution in [3.05, 3.63) is 0 Å². The standard InChI is InChI=1S/C9H15NO3.ClH/c10-5-7-1-2-9(13-7)3-6(4-9)8(11)12;/h6-7H,1-5,10H2,(H,11,12);1H. The van der Waals surface area contributed by atoms with Crippen LogP contribution in [0.5, 0.6) is 0 Å². The number of ether oxygens (including phenoxy) is 1. The molecule has 2 rings (SSSR count). The normalized spacial score (nSPS) is 40.4. The highest BCUT2D eigenvalue weighted by Crippen LogP contribution is 2.48. The van der Waals surface area contributed by atoms with E-state index in [4.69, 9.17) is 15.6 Å². The predicted octanol–water partition coefficient (Wildman–Crippen LogP) is 0.779. The molecule has 2 fully saturated rings. The Morgan fingerprint density at radius 1 is 1.57 bits per heavy atom. The molecular weight excluding hydrogens is 206 g/mol. The van der Waals surface area contributed by atoms with Gasteiger partial charge in [-0.15, -0.1) is 12.4 Å². The predicted molar refractivity (Wildman–Crippen MR) is 53.5 cm³/mol. The van der Waals surface area contributed by atoms with E-state index in [1.807, 2.05) is 0 Å². The van der Waals surface area contributed by atoms with Crippen LogP contribution in [0.3, 0.4) is 0 Å². The van der Waals surface area contributed by atoms with Crippen molar-refractivity contribution in [1.82, 2.24) is 0 Å². The third-order valence-electron chi connectivity index (χ3n) is 3.19. The summed E-state index contributed by atoms with van der Waals surface area (Å²) in [6, 6.07) is 0. The van der Waals surface area contributed by atoms with Gasteiger partial charge in [-0.05, 0) is 25.7 Å². The zero-order valence-corrected chi connectivity index (χ0v) is 8.76. The second-order valence-corrected chi connectivity index (χ2v) is 4.14. The van der Waals surface area contributed by atoms with Gasteiger partial charge in [0.25, 0.3) is 0 Å². The molecule has 1 saturated heterocycles. The summed E-state index contributed by atoms with van der Waals surface area (Å²) in [5, 5.41) is 8.72. The number of hydrogen-bond donors (Lipinski definition) is 2. The number of aliphatic carboxylic acids is 1. The lowest BCUT2D eigenvalue weighted by atomic mass is 9.69. The van der Waals surface area contributed by atoms with Crippen LogP contribution in [0.1, 0.15) is 25.7 Å². The number of hydrogen-bond acceptors (Lipinski definition) is 3. The highest BCUT2D eigenvalue weighted by Gasteiger charge is 2.52. The van der Waals surface area contributed by atoms with E-state index in [9.17, 15) is 4.79 Å². The van der Waals surface area contributed by atoms with Crippen LogP contribution in [-0.2, 0) is 9.53 Å².